The lowest BCUT2D eigenvalue weighted by molar-refractivity contribution is 0.0381. The monoisotopic (exact) mass is 348 g/mol. The molecule has 0 radical (unpaired) electrons. The van der Waals surface area contributed by atoms with Gasteiger partial charge in [0, 0.05) is 25.2 Å². The lowest BCUT2D eigenvalue weighted by atomic mass is 9.86. The molecule has 1 fully saturated rings. The van der Waals surface area contributed by atoms with Crippen LogP contribution < -0.4 is 5.56 Å². The van der Waals surface area contributed by atoms with Crippen molar-refractivity contribution in [2.45, 2.75) is 18.4 Å². The Hall–Kier alpha value is -2.92. The van der Waals surface area contributed by atoms with Gasteiger partial charge in [-0.2, -0.15) is 0 Å². The molecule has 1 aromatic heterocycles. The quantitative estimate of drug-likeness (QED) is 0.747. The molecule has 1 saturated heterocycles. The Labute approximate surface area is 150 Å². The number of β-amino-alcohol motifs (C(OH)–C–C–N with tert-alkyl or cyclic N) is 1. The minimum absolute atomic E-state index is 0.0160. The number of fused-ring (bicyclic) bond motifs is 1. The number of aliphatic hydroxyl groups excluding tert-OH is 1. The molecule has 0 aliphatic carbocycles. The molecule has 5 nitrogen and oxygen atoms in total. The zero-order valence-corrected chi connectivity index (χ0v) is 14.3. The van der Waals surface area contributed by atoms with Crippen molar-refractivity contribution in [1.29, 1.82) is 0 Å². The number of hydrogen-bond acceptors (Lipinski definition) is 3. The van der Waals surface area contributed by atoms with E-state index in [1.165, 1.54) is 17.6 Å². The Morgan fingerprint density at radius 3 is 2.65 bits per heavy atom. The number of carbonyl (C=O) groups is 1. The van der Waals surface area contributed by atoms with Crippen LogP contribution in [0.5, 0.6) is 0 Å². The van der Waals surface area contributed by atoms with Gasteiger partial charge >= 0.3 is 0 Å². The predicted octanol–water partition coefficient (Wildman–Crippen LogP) is 2.52. The number of benzene rings is 2. The summed E-state index contributed by atoms with van der Waals surface area (Å²) < 4.78 is 0. The van der Waals surface area contributed by atoms with Gasteiger partial charge in [-0.25, -0.2) is 0 Å². The topological polar surface area (TPSA) is 73.4 Å². The molecule has 132 valence electrons. The highest BCUT2D eigenvalue weighted by Gasteiger charge is 2.32. The highest BCUT2D eigenvalue weighted by Crippen LogP contribution is 2.31. The number of pyridine rings is 1. The number of likely N-dealkylation sites (tertiary alicyclic amines) is 1. The fraction of sp³-hybridized carbons (Fsp3) is 0.238. The second kappa shape index (κ2) is 6.77. The number of aliphatic hydroxyl groups is 1. The van der Waals surface area contributed by atoms with Crippen molar-refractivity contribution in [2.75, 3.05) is 13.1 Å². The first kappa shape index (κ1) is 16.5. The number of aromatic nitrogens is 1. The Morgan fingerprint density at radius 1 is 1.08 bits per heavy atom. The maximum atomic E-state index is 12.6. The Balaban J connectivity index is 1.53. The Morgan fingerprint density at radius 2 is 1.88 bits per heavy atom. The lowest BCUT2D eigenvalue weighted by Crippen LogP contribution is -2.46. The minimum atomic E-state index is -0.656. The van der Waals surface area contributed by atoms with Gasteiger partial charge in [-0.3, -0.25) is 9.59 Å². The van der Waals surface area contributed by atoms with Crippen molar-refractivity contribution in [2.24, 2.45) is 0 Å². The molecule has 0 unspecified atom stereocenters. The van der Waals surface area contributed by atoms with Crippen LogP contribution >= 0.6 is 0 Å². The van der Waals surface area contributed by atoms with Crippen LogP contribution in [-0.2, 0) is 0 Å². The van der Waals surface area contributed by atoms with Gasteiger partial charge in [0.25, 0.3) is 11.5 Å². The lowest BCUT2D eigenvalue weighted by Gasteiger charge is -2.36. The molecular formula is C21H20N2O3. The summed E-state index contributed by atoms with van der Waals surface area (Å²) in [5.74, 6) is -0.347. The number of H-pyrrole nitrogens is 1. The highest BCUT2D eigenvalue weighted by molar-refractivity contribution is 5.94. The van der Waals surface area contributed by atoms with Crippen molar-refractivity contribution >= 4 is 16.7 Å². The maximum Gasteiger partial charge on any atom is 0.260 e. The van der Waals surface area contributed by atoms with E-state index >= 15 is 0 Å². The fourth-order valence-electron chi connectivity index (χ4n) is 3.70. The second-order valence-corrected chi connectivity index (χ2v) is 6.73. The predicted molar refractivity (Wildman–Crippen MR) is 100 cm³/mol. The Kier molecular flexibility index (Phi) is 4.31. The van der Waals surface area contributed by atoms with Gasteiger partial charge in [-0.1, -0.05) is 42.5 Å². The van der Waals surface area contributed by atoms with Gasteiger partial charge in [-0.05, 0) is 34.9 Å². The zero-order valence-electron chi connectivity index (χ0n) is 14.3. The van der Waals surface area contributed by atoms with E-state index < -0.39 is 11.7 Å². The van der Waals surface area contributed by atoms with Crippen molar-refractivity contribution in [3.63, 3.8) is 0 Å². The van der Waals surface area contributed by atoms with Gasteiger partial charge in [-0.15, -0.1) is 0 Å². The van der Waals surface area contributed by atoms with Crippen LogP contribution in [0, 0.1) is 0 Å². The summed E-state index contributed by atoms with van der Waals surface area (Å²) in [5.41, 5.74) is 0.799. The van der Waals surface area contributed by atoms with E-state index in [9.17, 15) is 14.7 Å². The summed E-state index contributed by atoms with van der Waals surface area (Å²) in [6.07, 6.45) is 1.51. The van der Waals surface area contributed by atoms with E-state index in [1.54, 1.807) is 11.0 Å². The summed E-state index contributed by atoms with van der Waals surface area (Å²) in [6.45, 7) is 0.742. The molecule has 1 amide bonds. The normalized spacial score (nSPS) is 20.3. The van der Waals surface area contributed by atoms with Crippen molar-refractivity contribution in [3.8, 4) is 0 Å². The van der Waals surface area contributed by atoms with E-state index in [4.69, 9.17) is 0 Å². The summed E-state index contributed by atoms with van der Waals surface area (Å²) in [7, 11) is 0. The molecule has 26 heavy (non-hydrogen) atoms. The van der Waals surface area contributed by atoms with Crippen LogP contribution in [0.1, 0.15) is 28.3 Å². The van der Waals surface area contributed by atoms with Crippen molar-refractivity contribution in [1.82, 2.24) is 9.88 Å². The standard InChI is InChI=1S/C21H20N2O3/c24-19-13-23(21(26)18-6-3-10-22-20(18)25)11-9-17(19)16-8-7-14-4-1-2-5-15(14)12-16/h1-8,10,12,17,19,24H,9,11,13H2,(H,22,25)/t17-,19+/m0/s1. The number of nitrogens with one attached hydrogen (secondary N) is 1. The van der Waals surface area contributed by atoms with Crippen LogP contribution in [0.3, 0.4) is 0 Å². The van der Waals surface area contributed by atoms with Gasteiger partial charge in [0.1, 0.15) is 5.56 Å². The second-order valence-electron chi connectivity index (χ2n) is 6.73. The largest absolute Gasteiger partial charge is 0.391 e. The molecule has 2 atom stereocenters. The average molecular weight is 348 g/mol. The molecule has 3 aromatic rings. The molecule has 1 aliphatic rings. The molecule has 2 aromatic carbocycles. The van der Waals surface area contributed by atoms with Crippen LogP contribution in [0.4, 0.5) is 0 Å². The first-order valence-corrected chi connectivity index (χ1v) is 8.77. The average Bonchev–Trinajstić information content (AvgIpc) is 2.67. The number of nitrogens with zero attached hydrogens (tertiary/aromatic N) is 1. The molecule has 2 N–H and O–H groups in total. The van der Waals surface area contributed by atoms with E-state index in [0.29, 0.717) is 13.0 Å². The smallest absolute Gasteiger partial charge is 0.260 e. The summed E-state index contributed by atoms with van der Waals surface area (Å²) in [6, 6.07) is 17.5. The zero-order chi connectivity index (χ0) is 18.1. The molecule has 4 rings (SSSR count). The number of hydrogen-bond donors (Lipinski definition) is 2. The van der Waals surface area contributed by atoms with Crippen LogP contribution in [0.15, 0.2) is 65.6 Å². The van der Waals surface area contributed by atoms with Crippen LogP contribution in [-0.4, -0.2) is 40.1 Å². The van der Waals surface area contributed by atoms with Gasteiger partial charge in [0.2, 0.25) is 0 Å². The molecule has 5 heteroatoms. The van der Waals surface area contributed by atoms with E-state index in [0.717, 1.165) is 10.9 Å². The number of carbonyl (C=O) groups excluding carboxylic acids is 1. The molecule has 1 aliphatic heterocycles. The third-order valence-corrected chi connectivity index (χ3v) is 5.12. The molecule has 2 heterocycles. The highest BCUT2D eigenvalue weighted by atomic mass is 16.3. The van der Waals surface area contributed by atoms with Crippen LogP contribution in [0.2, 0.25) is 0 Å². The third-order valence-electron chi connectivity index (χ3n) is 5.12. The molecular weight excluding hydrogens is 328 g/mol. The summed E-state index contributed by atoms with van der Waals surface area (Å²) in [5, 5.41) is 13.0. The number of aromatic amines is 1. The third kappa shape index (κ3) is 3.02. The fourth-order valence-corrected chi connectivity index (χ4v) is 3.70. The minimum Gasteiger partial charge on any atom is -0.391 e. The Bertz CT molecular complexity index is 1010. The van der Waals surface area contributed by atoms with Crippen molar-refractivity contribution in [3.05, 3.63) is 82.3 Å². The van der Waals surface area contributed by atoms with E-state index in [-0.39, 0.29) is 23.9 Å². The number of piperidine rings is 1. The van der Waals surface area contributed by atoms with Crippen molar-refractivity contribution < 1.29 is 9.90 Å². The number of amides is 1. The van der Waals surface area contributed by atoms with E-state index in [1.807, 2.05) is 12.1 Å². The number of rotatable bonds is 2. The maximum absolute atomic E-state index is 12.6. The van der Waals surface area contributed by atoms with E-state index in [2.05, 4.69) is 35.3 Å². The summed E-state index contributed by atoms with van der Waals surface area (Å²) >= 11 is 0. The molecule has 0 saturated carbocycles. The first-order chi connectivity index (χ1) is 12.6. The van der Waals surface area contributed by atoms with Gasteiger partial charge < -0.3 is 15.0 Å². The molecule has 0 bridgehead atoms. The molecule has 0 spiro atoms. The first-order valence-electron chi connectivity index (χ1n) is 8.77. The SMILES string of the molecule is O=C(c1ccc[nH]c1=O)N1CC[C@@H](c2ccc3ccccc3c2)[C@H](O)C1. The van der Waals surface area contributed by atoms with Gasteiger partial charge in [0.05, 0.1) is 6.10 Å². The van der Waals surface area contributed by atoms with Gasteiger partial charge in [0.15, 0.2) is 0 Å². The summed E-state index contributed by atoms with van der Waals surface area (Å²) in [4.78, 5) is 28.5. The van der Waals surface area contributed by atoms with Crippen LogP contribution in [0.25, 0.3) is 10.8 Å².